The molecule has 0 radical (unpaired) electrons. The van der Waals surface area contributed by atoms with Crippen LogP contribution >= 0.6 is 0 Å². The molecule has 0 aromatic heterocycles. The molecule has 7 heterocycles. The van der Waals surface area contributed by atoms with Gasteiger partial charge in [-0.2, -0.15) is 0 Å². The minimum absolute atomic E-state index is 0.0698. The second kappa shape index (κ2) is 31.3. The monoisotopic (exact) mass is 1510 g/mol. The molecule has 12 aliphatic rings. The molecule has 11 fully saturated rings. The van der Waals surface area contributed by atoms with Crippen LogP contribution in [0.2, 0.25) is 0 Å². The minimum atomic E-state index is -2.02. The van der Waals surface area contributed by atoms with Crippen LogP contribution < -0.4 is 0 Å². The van der Waals surface area contributed by atoms with E-state index in [1.54, 1.807) is 0 Å². The summed E-state index contributed by atoms with van der Waals surface area (Å²) in [5.41, 5.74) is -1.64. The molecule has 604 valence electrons. The molecule has 7 aliphatic heterocycles. The summed E-state index contributed by atoms with van der Waals surface area (Å²) in [6.45, 7) is 13.0. The molecule has 0 aromatic rings. The molecule has 35 heteroatoms. The Hall–Kier alpha value is -2.11. The van der Waals surface area contributed by atoms with Crippen LogP contribution in [-0.4, -0.2) is 357 Å². The Morgan fingerprint density at radius 3 is 1.60 bits per heavy atom. The zero-order valence-electron chi connectivity index (χ0n) is 60.3. The van der Waals surface area contributed by atoms with Gasteiger partial charge in [-0.1, -0.05) is 60.1 Å². The van der Waals surface area contributed by atoms with Crippen molar-refractivity contribution in [2.45, 2.75) is 328 Å². The van der Waals surface area contributed by atoms with Crippen molar-refractivity contribution in [3.05, 3.63) is 11.6 Å². The molecule has 0 spiro atoms. The molecule has 20 N–H and O–H groups in total. The fourth-order valence-corrected chi connectivity index (χ4v) is 20.3. The highest BCUT2D eigenvalue weighted by Crippen LogP contribution is 2.76. The first kappa shape index (κ1) is 82.4. The van der Waals surface area contributed by atoms with Crippen molar-refractivity contribution in [1.29, 1.82) is 0 Å². The molecule has 41 atom stereocenters. The first-order valence-corrected chi connectivity index (χ1v) is 37.0. The van der Waals surface area contributed by atoms with E-state index in [4.69, 9.17) is 66.3 Å². The van der Waals surface area contributed by atoms with Crippen molar-refractivity contribution in [2.75, 3.05) is 39.6 Å². The molecule has 0 aromatic carbocycles. The summed E-state index contributed by atoms with van der Waals surface area (Å²) in [6, 6.07) is 0. The number of rotatable bonds is 18. The minimum Gasteiger partial charge on any atom is -0.432 e. The lowest BCUT2D eigenvalue weighted by molar-refractivity contribution is -0.385. The van der Waals surface area contributed by atoms with Gasteiger partial charge >= 0.3 is 5.97 Å². The van der Waals surface area contributed by atoms with Crippen LogP contribution in [0.3, 0.4) is 0 Å². The van der Waals surface area contributed by atoms with E-state index in [1.165, 1.54) is 12.5 Å². The fourth-order valence-electron chi connectivity index (χ4n) is 20.3. The molecule has 5 aliphatic carbocycles. The summed E-state index contributed by atoms with van der Waals surface area (Å²) in [4.78, 5) is 15.3. The van der Waals surface area contributed by atoms with Gasteiger partial charge in [0.15, 0.2) is 37.7 Å². The van der Waals surface area contributed by atoms with Gasteiger partial charge in [0.25, 0.3) is 0 Å². The second-order valence-corrected chi connectivity index (χ2v) is 33.8. The van der Waals surface area contributed by atoms with Crippen LogP contribution in [0.25, 0.3) is 0 Å². The Morgan fingerprint density at radius 2 is 0.952 bits per heavy atom. The molecular formula is C70H114O35. The zero-order valence-corrected chi connectivity index (χ0v) is 60.3. The maximum absolute atomic E-state index is 15.3. The number of hydrogen-bond donors (Lipinski definition) is 20. The predicted molar refractivity (Wildman–Crippen MR) is 347 cm³/mol. The molecule has 35 nitrogen and oxygen atoms in total. The molecule has 12 rings (SSSR count). The Balaban J connectivity index is 0.684. The third-order valence-electron chi connectivity index (χ3n) is 26.9. The number of esters is 1. The number of hydrogen-bond acceptors (Lipinski definition) is 35. The van der Waals surface area contributed by atoms with E-state index in [2.05, 4.69) is 54.5 Å². The van der Waals surface area contributed by atoms with Gasteiger partial charge in [0.1, 0.15) is 153 Å². The topological polar surface area (TPSA) is 551 Å². The van der Waals surface area contributed by atoms with E-state index in [1.807, 2.05) is 0 Å². The summed E-state index contributed by atoms with van der Waals surface area (Å²) in [7, 11) is 0. The summed E-state index contributed by atoms with van der Waals surface area (Å²) in [5, 5.41) is 218. The Bertz CT molecular complexity index is 2970. The van der Waals surface area contributed by atoms with Gasteiger partial charge in [-0.3, -0.25) is 4.79 Å². The molecule has 0 bridgehead atoms. The Labute approximate surface area is 607 Å². The molecule has 105 heavy (non-hydrogen) atoms. The number of allylic oxidation sites excluding steroid dienone is 2. The average molecular weight is 1520 g/mol. The molecular weight excluding hydrogens is 1400 g/mol. The van der Waals surface area contributed by atoms with Crippen LogP contribution in [0, 0.1) is 50.2 Å². The van der Waals surface area contributed by atoms with E-state index in [0.29, 0.717) is 51.4 Å². The van der Waals surface area contributed by atoms with Crippen molar-refractivity contribution in [3.63, 3.8) is 0 Å². The van der Waals surface area contributed by atoms with Crippen molar-refractivity contribution in [2.24, 2.45) is 50.2 Å². The largest absolute Gasteiger partial charge is 0.432 e. The second-order valence-electron chi connectivity index (χ2n) is 33.8. The van der Waals surface area contributed by atoms with Crippen molar-refractivity contribution >= 4 is 5.97 Å². The van der Waals surface area contributed by atoms with E-state index in [-0.39, 0.29) is 34.0 Å². The van der Waals surface area contributed by atoms with E-state index < -0.39 is 271 Å². The van der Waals surface area contributed by atoms with Crippen LogP contribution in [0.4, 0.5) is 0 Å². The third kappa shape index (κ3) is 14.6. The van der Waals surface area contributed by atoms with Crippen molar-refractivity contribution in [3.8, 4) is 0 Å². The van der Waals surface area contributed by atoms with Gasteiger partial charge in [-0.15, -0.1) is 0 Å². The number of ether oxygens (including phenoxy) is 14. The standard InChI is InChI=1S/C70H114O35/c1-26-38(76)42(80)47(85)60(95-26)102-54-32(21-72)97-57(49(87)44(54)82)94-25-34-40(78)43(81)48(86)62(99-34)105-64(91)70-17-15-65(2,3)19-28(70)27-9-10-36-67(6)13-12-37(66(4,5)35(67)11-14-69(36,8)68(27,7)16-18-70)100-59-51(89)53(30(75)24-93-59)101-61-50(88)45(83)55(33(22-73)98-61)103-63-52(90)56(41(79)31(20-71)96-63)104-58-46(84)39(77)29(74)23-92-58/h9,26,28-63,71-90H,10-25H2,1-8H3/t26-,28-,29+,30-,31+,32+,33+,34+,35-,36+,37-,38-,39-,40+,41-,42+,43-,44+,45+,46+,47+,48+,49+,50+,51+,52+,53-,54+,55+,56-,57+,58-,59-,60-,61-,62-,63-,67-,68+,69+,70-/m0/s1. The van der Waals surface area contributed by atoms with Gasteiger partial charge in [-0.05, 0) is 116 Å². The van der Waals surface area contributed by atoms with E-state index in [0.717, 1.165) is 12.8 Å². The highest BCUT2D eigenvalue weighted by atomic mass is 16.8. The van der Waals surface area contributed by atoms with Crippen LogP contribution in [0.15, 0.2) is 11.6 Å². The smallest absolute Gasteiger partial charge is 0.315 e. The molecule has 0 amide bonds. The van der Waals surface area contributed by atoms with Gasteiger partial charge in [-0.25, -0.2) is 0 Å². The summed E-state index contributed by atoms with van der Waals surface area (Å²) in [6.07, 6.45) is -48.0. The van der Waals surface area contributed by atoms with Crippen molar-refractivity contribution in [1.82, 2.24) is 0 Å². The first-order valence-electron chi connectivity index (χ1n) is 37.0. The lowest BCUT2D eigenvalue weighted by Gasteiger charge is -2.71. The lowest BCUT2D eigenvalue weighted by Crippen LogP contribution is -2.67. The molecule has 0 unspecified atom stereocenters. The van der Waals surface area contributed by atoms with Crippen LogP contribution in [-0.2, 0) is 71.1 Å². The molecule has 4 saturated carbocycles. The Morgan fingerprint density at radius 1 is 0.448 bits per heavy atom. The summed E-state index contributed by atoms with van der Waals surface area (Å²) in [5.74, 6) is -0.728. The number of aliphatic hydroxyl groups excluding tert-OH is 20. The summed E-state index contributed by atoms with van der Waals surface area (Å²) >= 11 is 0. The van der Waals surface area contributed by atoms with Crippen molar-refractivity contribution < 1.29 is 173 Å². The first-order chi connectivity index (χ1) is 49.3. The number of fused-ring (bicyclic) bond motifs is 7. The lowest BCUT2D eigenvalue weighted by atomic mass is 9.33. The molecule has 7 saturated heterocycles. The number of aliphatic hydroxyl groups is 20. The number of carbonyl (C=O) groups excluding carboxylic acids is 1. The zero-order chi connectivity index (χ0) is 76.4. The van der Waals surface area contributed by atoms with Gasteiger partial charge < -0.3 is 168 Å². The highest BCUT2D eigenvalue weighted by Gasteiger charge is 2.71. The average Bonchev–Trinajstić information content (AvgIpc) is 0.676. The van der Waals surface area contributed by atoms with Gasteiger partial charge in [0.2, 0.25) is 6.29 Å². The fraction of sp³-hybridized carbons (Fsp3) is 0.957. The van der Waals surface area contributed by atoms with Gasteiger partial charge in [0.05, 0.1) is 57.3 Å². The van der Waals surface area contributed by atoms with E-state index >= 15 is 4.79 Å². The summed E-state index contributed by atoms with van der Waals surface area (Å²) < 4.78 is 82.2. The third-order valence-corrected chi connectivity index (χ3v) is 26.9. The number of carbonyl (C=O) groups is 1. The highest BCUT2D eigenvalue weighted by molar-refractivity contribution is 5.79. The van der Waals surface area contributed by atoms with Crippen LogP contribution in [0.1, 0.15) is 120 Å². The normalized spacial score (nSPS) is 54.2. The maximum atomic E-state index is 15.3. The van der Waals surface area contributed by atoms with Crippen LogP contribution in [0.5, 0.6) is 0 Å². The van der Waals surface area contributed by atoms with Gasteiger partial charge in [0, 0.05) is 0 Å². The maximum Gasteiger partial charge on any atom is 0.315 e. The SMILES string of the molecule is C[C@@H]1O[C@@H](O[C@H]2[C@H](O)[C@@H](O)[C@H](OC[C@H]3O[C@@H](OC(=O)[C@]45CCC(C)(C)C[C@H]4C4=CC[C@@H]6[C@@]7(C)CC[C@H](O[C@@H]8OC[C@H](O)[C@H](O[C@@H]9O[C@H](CO)[C@@H](O[C@@H]%10O[C@H](CO)[C@H](O)[C@H](O[C@@H]%11OC[C@@H](O)[C@H](O)[C@H]%11O)[C@H]%10O)[C@H](O)[C@H]9O)[C@H]8O)C(C)(C)[C@@H]7CC[C@@]6(C)[C@]4(C)CC5)[C@H](O)[C@@H](O)[C@@H]3O)O[C@@H]2CO)[C@H](O)[C@H](O)[C@H]1O. The quantitative estimate of drug-likeness (QED) is 0.0345. The Kier molecular flexibility index (Phi) is 24.6. The predicted octanol–water partition coefficient (Wildman–Crippen LogP) is -6.26. The van der Waals surface area contributed by atoms with E-state index in [9.17, 15) is 102 Å².